The number of hydrogen-bond acceptors (Lipinski definition) is 4. The number of para-hydroxylation sites is 1. The van der Waals surface area contributed by atoms with E-state index in [1.165, 1.54) is 12.5 Å². The molecule has 0 bridgehead atoms. The zero-order valence-corrected chi connectivity index (χ0v) is 12.2. The van der Waals surface area contributed by atoms with Gasteiger partial charge in [0.15, 0.2) is 5.03 Å². The lowest BCUT2D eigenvalue weighted by Crippen LogP contribution is -2.35. The monoisotopic (exact) mass is 306 g/mol. The lowest BCUT2D eigenvalue weighted by atomic mass is 10.2. The van der Waals surface area contributed by atoms with Crippen molar-refractivity contribution in [2.45, 2.75) is 11.6 Å². The maximum atomic E-state index is 12.6. The summed E-state index contributed by atoms with van der Waals surface area (Å²) >= 11 is 0. The summed E-state index contributed by atoms with van der Waals surface area (Å²) in [5.41, 5.74) is 1.39. The fraction of sp³-hybridized carbons (Fsp3) is 0.231. The van der Waals surface area contributed by atoms with Crippen LogP contribution in [-0.2, 0) is 28.4 Å². The molecular formula is C13H14N4O3S. The van der Waals surface area contributed by atoms with Crippen LogP contribution in [0.4, 0.5) is 5.69 Å². The number of imidazole rings is 1. The Bertz CT molecular complexity index is 797. The van der Waals surface area contributed by atoms with E-state index in [1.807, 2.05) is 6.07 Å². The zero-order chi connectivity index (χ0) is 15.0. The quantitative estimate of drug-likeness (QED) is 0.879. The number of aryl methyl sites for hydroxylation is 1. The maximum absolute atomic E-state index is 12.6. The van der Waals surface area contributed by atoms with Crippen molar-refractivity contribution in [2.75, 3.05) is 11.9 Å². The molecule has 0 spiro atoms. The van der Waals surface area contributed by atoms with Gasteiger partial charge >= 0.3 is 0 Å². The van der Waals surface area contributed by atoms with Crippen molar-refractivity contribution in [1.82, 2.24) is 13.9 Å². The van der Waals surface area contributed by atoms with E-state index >= 15 is 0 Å². The fourth-order valence-corrected chi connectivity index (χ4v) is 3.54. The summed E-state index contributed by atoms with van der Waals surface area (Å²) in [6, 6.07) is 7.15. The summed E-state index contributed by atoms with van der Waals surface area (Å²) in [6.45, 7) is -0.0958. The highest BCUT2D eigenvalue weighted by Crippen LogP contribution is 2.24. The molecule has 2 aromatic rings. The topological polar surface area (TPSA) is 84.3 Å². The first-order chi connectivity index (χ1) is 9.96. The molecule has 0 atom stereocenters. The summed E-state index contributed by atoms with van der Waals surface area (Å²) in [5.74, 6) is -0.362. The Hall–Kier alpha value is -2.19. The van der Waals surface area contributed by atoms with Gasteiger partial charge in [-0.25, -0.2) is 13.4 Å². The van der Waals surface area contributed by atoms with Crippen LogP contribution in [-0.4, -0.2) is 34.7 Å². The highest BCUT2D eigenvalue weighted by Gasteiger charge is 2.31. The Balaban J connectivity index is 2.01. The lowest BCUT2D eigenvalue weighted by Gasteiger charge is -2.17. The zero-order valence-electron chi connectivity index (χ0n) is 11.4. The van der Waals surface area contributed by atoms with Gasteiger partial charge in [0.1, 0.15) is 0 Å². The van der Waals surface area contributed by atoms with Gasteiger partial charge in [0.2, 0.25) is 5.91 Å². The number of carbonyl (C=O) groups is 1. The van der Waals surface area contributed by atoms with Crippen LogP contribution >= 0.6 is 0 Å². The van der Waals surface area contributed by atoms with Crippen LogP contribution in [0, 0.1) is 0 Å². The first-order valence-electron chi connectivity index (χ1n) is 6.33. The summed E-state index contributed by atoms with van der Waals surface area (Å²) in [7, 11) is -2.11. The SMILES string of the molecule is Cn1cnc(S(=O)(=O)N2CC(=O)Nc3ccccc3C2)c1. The van der Waals surface area contributed by atoms with Crippen molar-refractivity contribution < 1.29 is 13.2 Å². The van der Waals surface area contributed by atoms with Gasteiger partial charge in [-0.3, -0.25) is 4.79 Å². The second-order valence-electron chi connectivity index (χ2n) is 4.86. The number of rotatable bonds is 2. The Morgan fingerprint density at radius 3 is 2.71 bits per heavy atom. The molecule has 0 aliphatic carbocycles. The number of amides is 1. The number of carbonyl (C=O) groups excluding carboxylic acids is 1. The van der Waals surface area contributed by atoms with Crippen LogP contribution in [0.3, 0.4) is 0 Å². The fourth-order valence-electron chi connectivity index (χ4n) is 2.20. The molecular weight excluding hydrogens is 292 g/mol. The average Bonchev–Trinajstić information content (AvgIpc) is 2.79. The van der Waals surface area contributed by atoms with Crippen molar-refractivity contribution in [3.63, 3.8) is 0 Å². The molecule has 0 saturated carbocycles. The van der Waals surface area contributed by atoms with Crippen LogP contribution in [0.2, 0.25) is 0 Å². The highest BCUT2D eigenvalue weighted by atomic mass is 32.2. The molecule has 1 N–H and O–H groups in total. The third-order valence-corrected chi connectivity index (χ3v) is 4.92. The molecule has 1 aliphatic heterocycles. The van der Waals surface area contributed by atoms with E-state index in [1.54, 1.807) is 29.8 Å². The van der Waals surface area contributed by atoms with Crippen LogP contribution in [0.25, 0.3) is 0 Å². The minimum absolute atomic E-state index is 0.0582. The molecule has 0 fully saturated rings. The molecule has 3 rings (SSSR count). The van der Waals surface area contributed by atoms with Crippen LogP contribution in [0.15, 0.2) is 41.8 Å². The first kappa shape index (κ1) is 13.8. The van der Waals surface area contributed by atoms with Gasteiger partial charge in [-0.05, 0) is 11.6 Å². The normalized spacial score (nSPS) is 16.1. The van der Waals surface area contributed by atoms with E-state index in [0.29, 0.717) is 5.69 Å². The molecule has 110 valence electrons. The van der Waals surface area contributed by atoms with Crippen molar-refractivity contribution in [1.29, 1.82) is 0 Å². The molecule has 1 amide bonds. The van der Waals surface area contributed by atoms with Gasteiger partial charge in [-0.1, -0.05) is 18.2 Å². The molecule has 8 heteroatoms. The van der Waals surface area contributed by atoms with E-state index < -0.39 is 10.0 Å². The predicted octanol–water partition coefficient (Wildman–Crippen LogP) is 0.563. The Morgan fingerprint density at radius 2 is 2.00 bits per heavy atom. The Labute approximate surface area is 122 Å². The maximum Gasteiger partial charge on any atom is 0.262 e. The van der Waals surface area contributed by atoms with Crippen LogP contribution in [0.5, 0.6) is 0 Å². The second kappa shape index (κ2) is 4.97. The highest BCUT2D eigenvalue weighted by molar-refractivity contribution is 7.89. The second-order valence-corrected chi connectivity index (χ2v) is 6.74. The summed E-state index contributed by atoms with van der Waals surface area (Å²) in [6.07, 6.45) is 2.84. The number of aromatic nitrogens is 2. The minimum atomic E-state index is -3.80. The van der Waals surface area contributed by atoms with Crippen LogP contribution in [0.1, 0.15) is 5.56 Å². The average molecular weight is 306 g/mol. The van der Waals surface area contributed by atoms with Crippen molar-refractivity contribution in [3.8, 4) is 0 Å². The van der Waals surface area contributed by atoms with Gasteiger partial charge in [-0.15, -0.1) is 0 Å². The number of hydrogen-bond donors (Lipinski definition) is 1. The van der Waals surface area contributed by atoms with Gasteiger partial charge in [0.25, 0.3) is 10.0 Å². The number of fused-ring (bicyclic) bond motifs is 1. The van der Waals surface area contributed by atoms with Crippen molar-refractivity contribution in [3.05, 3.63) is 42.4 Å². The van der Waals surface area contributed by atoms with Gasteiger partial charge in [-0.2, -0.15) is 4.31 Å². The van der Waals surface area contributed by atoms with E-state index in [-0.39, 0.29) is 24.0 Å². The largest absolute Gasteiger partial charge is 0.339 e. The standard InChI is InChI=1S/C13H14N4O3S/c1-16-8-13(14-9-16)21(19,20)17-6-10-4-2-3-5-11(10)15-12(18)7-17/h2-5,8-9H,6-7H2,1H3,(H,15,18). The van der Waals surface area contributed by atoms with Crippen LogP contribution < -0.4 is 5.32 Å². The summed E-state index contributed by atoms with van der Waals surface area (Å²) in [5, 5.41) is 2.65. The van der Waals surface area contributed by atoms with E-state index in [4.69, 9.17) is 0 Å². The number of benzene rings is 1. The molecule has 21 heavy (non-hydrogen) atoms. The molecule has 0 radical (unpaired) electrons. The lowest BCUT2D eigenvalue weighted by molar-refractivity contribution is -0.116. The minimum Gasteiger partial charge on any atom is -0.339 e. The molecule has 1 aromatic heterocycles. The Morgan fingerprint density at radius 1 is 1.24 bits per heavy atom. The molecule has 2 heterocycles. The first-order valence-corrected chi connectivity index (χ1v) is 7.77. The van der Waals surface area contributed by atoms with E-state index in [0.717, 1.165) is 9.87 Å². The summed E-state index contributed by atoms with van der Waals surface area (Å²) < 4.78 is 27.8. The molecule has 1 aliphatic rings. The third kappa shape index (κ3) is 2.55. The predicted molar refractivity (Wildman–Crippen MR) is 75.9 cm³/mol. The molecule has 0 saturated heterocycles. The molecule has 1 aromatic carbocycles. The number of anilines is 1. The Kier molecular flexibility index (Phi) is 3.26. The smallest absolute Gasteiger partial charge is 0.262 e. The molecule has 0 unspecified atom stereocenters. The van der Waals surface area contributed by atoms with Gasteiger partial charge in [0, 0.05) is 25.5 Å². The number of nitrogens with one attached hydrogen (secondary N) is 1. The van der Waals surface area contributed by atoms with Gasteiger partial charge < -0.3 is 9.88 Å². The van der Waals surface area contributed by atoms with Gasteiger partial charge in [0.05, 0.1) is 12.9 Å². The number of nitrogens with zero attached hydrogens (tertiary/aromatic N) is 3. The van der Waals surface area contributed by atoms with Crippen molar-refractivity contribution in [2.24, 2.45) is 7.05 Å². The van der Waals surface area contributed by atoms with E-state index in [2.05, 4.69) is 10.3 Å². The molecule has 7 nitrogen and oxygen atoms in total. The van der Waals surface area contributed by atoms with Crippen molar-refractivity contribution >= 4 is 21.6 Å². The third-order valence-electron chi connectivity index (χ3n) is 3.24. The summed E-state index contributed by atoms with van der Waals surface area (Å²) in [4.78, 5) is 15.8. The number of sulfonamides is 1. The van der Waals surface area contributed by atoms with E-state index in [9.17, 15) is 13.2 Å².